The molecule has 0 spiro atoms. The largest absolute Gasteiger partial charge is 0.464 e. The van der Waals surface area contributed by atoms with Gasteiger partial charge in [0.15, 0.2) is 11.7 Å². The van der Waals surface area contributed by atoms with Gasteiger partial charge >= 0.3 is 0 Å². The number of aryl methyl sites for hydroxylation is 4. The number of furan rings is 1. The summed E-state index contributed by atoms with van der Waals surface area (Å²) >= 11 is 1.09. The fraction of sp³-hybridized carbons (Fsp3) is 0.391. The first-order valence-corrected chi connectivity index (χ1v) is 10.9. The summed E-state index contributed by atoms with van der Waals surface area (Å²) in [4.78, 5) is 28.7. The number of aromatic nitrogens is 2. The molecule has 0 aliphatic carbocycles. The predicted molar refractivity (Wildman–Crippen MR) is 121 cm³/mol. The van der Waals surface area contributed by atoms with Gasteiger partial charge in [0, 0.05) is 10.9 Å². The summed E-state index contributed by atoms with van der Waals surface area (Å²) in [5, 5.41) is 8.55. The molecule has 1 unspecified atom stereocenters. The summed E-state index contributed by atoms with van der Waals surface area (Å²) in [7, 11) is 0. The van der Waals surface area contributed by atoms with Gasteiger partial charge in [-0.3, -0.25) is 14.5 Å². The average Bonchev–Trinajstić information content (AvgIpc) is 3.30. The molecule has 0 saturated heterocycles. The van der Waals surface area contributed by atoms with Crippen LogP contribution in [0.3, 0.4) is 0 Å². The minimum absolute atomic E-state index is 0.182. The molecule has 3 rings (SSSR count). The lowest BCUT2D eigenvalue weighted by atomic mass is 10.00. The van der Waals surface area contributed by atoms with E-state index in [1.54, 1.807) is 24.4 Å². The van der Waals surface area contributed by atoms with Crippen molar-refractivity contribution in [3.63, 3.8) is 0 Å². The van der Waals surface area contributed by atoms with Crippen molar-refractivity contribution >= 4 is 29.0 Å². The minimum Gasteiger partial charge on any atom is -0.464 e. The molecule has 3 aromatic rings. The van der Waals surface area contributed by atoms with Crippen LogP contribution in [0.2, 0.25) is 0 Å². The SMILES string of the molecule is Cc1cc(C)c(N(C(=O)c2csnn2)C(C(=O)NC(C)(C)C)c2ccc(C)o2)c(C)c1. The Hall–Kier alpha value is -3.00. The van der Waals surface area contributed by atoms with Gasteiger partial charge < -0.3 is 9.73 Å². The highest BCUT2D eigenvalue weighted by Gasteiger charge is 2.39. The Morgan fingerprint density at radius 2 is 1.74 bits per heavy atom. The van der Waals surface area contributed by atoms with Crippen molar-refractivity contribution in [2.45, 2.75) is 60.0 Å². The minimum atomic E-state index is -1.01. The number of rotatable bonds is 5. The third kappa shape index (κ3) is 5.02. The fourth-order valence-corrected chi connectivity index (χ4v) is 4.12. The molecule has 8 heteroatoms. The lowest BCUT2D eigenvalue weighted by Gasteiger charge is -2.33. The summed E-state index contributed by atoms with van der Waals surface area (Å²) in [5.74, 6) is 0.295. The topological polar surface area (TPSA) is 88.3 Å². The number of hydrogen-bond acceptors (Lipinski definition) is 6. The highest BCUT2D eigenvalue weighted by atomic mass is 32.1. The van der Waals surface area contributed by atoms with E-state index in [1.165, 1.54) is 4.90 Å². The highest BCUT2D eigenvalue weighted by molar-refractivity contribution is 7.03. The molecule has 0 aliphatic heterocycles. The molecular formula is C23H28N4O3S. The van der Waals surface area contributed by atoms with Crippen LogP contribution in [0.25, 0.3) is 0 Å². The molecule has 1 aromatic carbocycles. The van der Waals surface area contributed by atoms with Crippen molar-refractivity contribution in [3.05, 3.63) is 63.6 Å². The van der Waals surface area contributed by atoms with Crippen molar-refractivity contribution in [1.29, 1.82) is 0 Å². The zero-order valence-corrected chi connectivity index (χ0v) is 19.8. The second-order valence-corrected chi connectivity index (χ2v) is 9.41. The Bertz CT molecular complexity index is 1070. The number of amides is 2. The summed E-state index contributed by atoms with van der Waals surface area (Å²) in [5.41, 5.74) is 3.18. The van der Waals surface area contributed by atoms with Crippen molar-refractivity contribution in [1.82, 2.24) is 14.9 Å². The van der Waals surface area contributed by atoms with E-state index in [-0.39, 0.29) is 11.6 Å². The van der Waals surface area contributed by atoms with Crippen LogP contribution in [0, 0.1) is 27.7 Å². The van der Waals surface area contributed by atoms with Gasteiger partial charge in [-0.05, 0) is 83.3 Å². The van der Waals surface area contributed by atoms with E-state index < -0.39 is 17.5 Å². The van der Waals surface area contributed by atoms with Gasteiger partial charge in [0.05, 0.1) is 5.69 Å². The fourth-order valence-electron chi connectivity index (χ4n) is 3.69. The maximum absolute atomic E-state index is 13.7. The van der Waals surface area contributed by atoms with Crippen LogP contribution in [0.5, 0.6) is 0 Å². The molecule has 1 N–H and O–H groups in total. The quantitative estimate of drug-likeness (QED) is 0.623. The zero-order chi connectivity index (χ0) is 22.9. The van der Waals surface area contributed by atoms with Gasteiger partial charge in [0.25, 0.3) is 11.8 Å². The number of benzene rings is 1. The second kappa shape index (κ2) is 8.63. The Balaban J connectivity index is 2.25. The molecule has 2 aromatic heterocycles. The van der Waals surface area contributed by atoms with Gasteiger partial charge in [-0.1, -0.05) is 22.2 Å². The standard InChI is InChI=1S/C23H28N4O3S/c1-13-10-14(2)19(15(3)11-13)27(22(29)17-12-31-26-25-17)20(18-9-8-16(4)30-18)21(28)24-23(5,6)7/h8-12,20H,1-7H3,(H,24,28). The Labute approximate surface area is 186 Å². The van der Waals surface area contributed by atoms with Gasteiger partial charge in [-0.2, -0.15) is 0 Å². The van der Waals surface area contributed by atoms with E-state index in [1.807, 2.05) is 53.7 Å². The number of carbonyl (C=O) groups excluding carboxylic acids is 2. The number of hydrogen-bond donors (Lipinski definition) is 1. The first-order valence-electron chi connectivity index (χ1n) is 10.0. The van der Waals surface area contributed by atoms with Crippen LogP contribution < -0.4 is 10.2 Å². The average molecular weight is 441 g/mol. The van der Waals surface area contributed by atoms with Crippen molar-refractivity contribution in [3.8, 4) is 0 Å². The lowest BCUT2D eigenvalue weighted by Crippen LogP contribution is -2.49. The number of anilines is 1. The first-order chi connectivity index (χ1) is 14.5. The summed E-state index contributed by atoms with van der Waals surface area (Å²) < 4.78 is 9.71. The van der Waals surface area contributed by atoms with Gasteiger partial charge in [0.2, 0.25) is 0 Å². The normalized spacial score (nSPS) is 12.5. The Kier molecular flexibility index (Phi) is 6.31. The van der Waals surface area contributed by atoms with E-state index in [2.05, 4.69) is 14.9 Å². The smallest absolute Gasteiger partial charge is 0.280 e. The van der Waals surface area contributed by atoms with Crippen LogP contribution in [-0.4, -0.2) is 26.9 Å². The van der Waals surface area contributed by atoms with E-state index in [0.717, 1.165) is 28.2 Å². The summed E-state index contributed by atoms with van der Waals surface area (Å²) in [6.07, 6.45) is 0. The lowest BCUT2D eigenvalue weighted by molar-refractivity contribution is -0.124. The molecule has 0 fully saturated rings. The molecular weight excluding hydrogens is 412 g/mol. The molecule has 0 bridgehead atoms. The third-order valence-electron chi connectivity index (χ3n) is 4.71. The van der Waals surface area contributed by atoms with Crippen LogP contribution in [0.1, 0.15) is 65.5 Å². The van der Waals surface area contributed by atoms with Crippen LogP contribution in [-0.2, 0) is 4.79 Å². The second-order valence-electron chi connectivity index (χ2n) is 8.80. The summed E-state index contributed by atoms with van der Waals surface area (Å²) in [6, 6.07) is 6.50. The third-order valence-corrected chi connectivity index (χ3v) is 5.21. The Morgan fingerprint density at radius 1 is 1.10 bits per heavy atom. The van der Waals surface area contributed by atoms with Crippen LogP contribution in [0.4, 0.5) is 5.69 Å². The number of nitrogens with zero attached hydrogens (tertiary/aromatic N) is 3. The molecule has 1 atom stereocenters. The first kappa shape index (κ1) is 22.7. The van der Waals surface area contributed by atoms with Crippen molar-refractivity contribution in [2.24, 2.45) is 0 Å². The van der Waals surface area contributed by atoms with Crippen LogP contribution in [0.15, 0.2) is 34.1 Å². The predicted octanol–water partition coefficient (Wildman–Crippen LogP) is 4.67. The van der Waals surface area contributed by atoms with E-state index >= 15 is 0 Å². The Morgan fingerprint density at radius 3 is 2.23 bits per heavy atom. The van der Waals surface area contributed by atoms with E-state index in [9.17, 15) is 9.59 Å². The highest BCUT2D eigenvalue weighted by Crippen LogP contribution is 2.36. The number of carbonyl (C=O) groups is 2. The molecule has 2 amide bonds. The molecule has 7 nitrogen and oxygen atoms in total. The van der Waals surface area contributed by atoms with Gasteiger partial charge in [-0.15, -0.1) is 5.10 Å². The zero-order valence-electron chi connectivity index (χ0n) is 18.9. The molecule has 164 valence electrons. The summed E-state index contributed by atoms with van der Waals surface area (Å²) in [6.45, 7) is 13.4. The van der Waals surface area contributed by atoms with E-state index in [4.69, 9.17) is 4.42 Å². The molecule has 31 heavy (non-hydrogen) atoms. The van der Waals surface area contributed by atoms with Crippen molar-refractivity contribution < 1.29 is 14.0 Å². The van der Waals surface area contributed by atoms with Crippen LogP contribution >= 0.6 is 11.5 Å². The van der Waals surface area contributed by atoms with Gasteiger partial charge in [0.1, 0.15) is 11.5 Å². The van der Waals surface area contributed by atoms with Gasteiger partial charge in [-0.25, -0.2) is 0 Å². The van der Waals surface area contributed by atoms with Crippen molar-refractivity contribution in [2.75, 3.05) is 4.90 Å². The maximum atomic E-state index is 13.7. The molecule has 2 heterocycles. The molecule has 0 saturated carbocycles. The monoisotopic (exact) mass is 440 g/mol. The molecule has 0 radical (unpaired) electrons. The number of nitrogens with one attached hydrogen (secondary N) is 1. The molecule has 0 aliphatic rings. The van der Waals surface area contributed by atoms with E-state index in [0.29, 0.717) is 17.2 Å². The maximum Gasteiger partial charge on any atom is 0.280 e.